The lowest BCUT2D eigenvalue weighted by Crippen LogP contribution is -2.31. The van der Waals surface area contributed by atoms with Crippen LogP contribution >= 0.6 is 0 Å². The van der Waals surface area contributed by atoms with Gasteiger partial charge in [0.1, 0.15) is 6.61 Å². The van der Waals surface area contributed by atoms with Gasteiger partial charge in [-0.15, -0.1) is 0 Å². The maximum Gasteiger partial charge on any atom is 0.350 e. The zero-order chi connectivity index (χ0) is 19.9. The molecule has 7 nitrogen and oxygen atoms in total. The van der Waals surface area contributed by atoms with Crippen molar-refractivity contribution in [1.82, 2.24) is 0 Å². The van der Waals surface area contributed by atoms with Gasteiger partial charge in [-0.3, -0.25) is 0 Å². The van der Waals surface area contributed by atoms with E-state index in [4.69, 9.17) is 23.7 Å². The Morgan fingerprint density at radius 2 is 1.71 bits per heavy atom. The minimum atomic E-state index is -1.03. The number of fused-ring (bicyclic) bond motifs is 1. The molecule has 0 spiro atoms. The quantitative estimate of drug-likeness (QED) is 0.708. The van der Waals surface area contributed by atoms with Crippen molar-refractivity contribution in [3.05, 3.63) is 41.5 Å². The number of hydrogen-bond donors (Lipinski definition) is 0. The summed E-state index contributed by atoms with van der Waals surface area (Å²) in [7, 11) is 4.37. The Morgan fingerprint density at radius 3 is 2.36 bits per heavy atom. The summed E-state index contributed by atoms with van der Waals surface area (Å²) in [6.45, 7) is 0.181. The standard InChI is InChI=1S/C21H20O7/c1-24-16-8-7-13(12-5-4-6-14-15(12)11-27-19(14)22)17(18(16)25-2)28-21(9-10-21)20(23)26-3/h4-8H,9-11H2,1-3H3. The molecule has 146 valence electrons. The van der Waals surface area contributed by atoms with Crippen molar-refractivity contribution in [3.63, 3.8) is 0 Å². The van der Waals surface area contributed by atoms with Gasteiger partial charge in [0.25, 0.3) is 0 Å². The fourth-order valence-corrected chi connectivity index (χ4v) is 3.46. The predicted molar refractivity (Wildman–Crippen MR) is 98.7 cm³/mol. The smallest absolute Gasteiger partial charge is 0.350 e. The zero-order valence-electron chi connectivity index (χ0n) is 15.9. The minimum Gasteiger partial charge on any atom is -0.493 e. The van der Waals surface area contributed by atoms with E-state index < -0.39 is 11.6 Å². The topological polar surface area (TPSA) is 80.3 Å². The van der Waals surface area contributed by atoms with E-state index in [9.17, 15) is 9.59 Å². The molecule has 1 heterocycles. The van der Waals surface area contributed by atoms with E-state index in [1.54, 1.807) is 18.2 Å². The van der Waals surface area contributed by atoms with Crippen molar-refractivity contribution in [2.24, 2.45) is 0 Å². The highest BCUT2D eigenvalue weighted by Gasteiger charge is 2.55. The lowest BCUT2D eigenvalue weighted by molar-refractivity contribution is -0.151. The summed E-state index contributed by atoms with van der Waals surface area (Å²) in [5.41, 5.74) is 1.72. The molecule has 2 aromatic rings. The number of benzene rings is 2. The molecule has 1 aliphatic carbocycles. The Balaban J connectivity index is 1.89. The van der Waals surface area contributed by atoms with E-state index in [2.05, 4.69) is 0 Å². The molecule has 0 saturated heterocycles. The van der Waals surface area contributed by atoms with Gasteiger partial charge in [-0.2, -0.15) is 0 Å². The summed E-state index contributed by atoms with van der Waals surface area (Å²) in [5, 5.41) is 0. The number of cyclic esters (lactones) is 1. The number of esters is 2. The van der Waals surface area contributed by atoms with Crippen LogP contribution in [0.5, 0.6) is 17.2 Å². The first-order chi connectivity index (χ1) is 13.5. The number of carbonyl (C=O) groups is 2. The number of rotatable bonds is 6. The van der Waals surface area contributed by atoms with Crippen molar-refractivity contribution in [2.45, 2.75) is 25.0 Å². The number of hydrogen-bond acceptors (Lipinski definition) is 7. The summed E-state index contributed by atoms with van der Waals surface area (Å²) in [6, 6.07) is 8.98. The van der Waals surface area contributed by atoms with E-state index in [0.717, 1.165) is 11.1 Å². The second-order valence-electron chi connectivity index (χ2n) is 6.67. The second kappa shape index (κ2) is 6.74. The summed E-state index contributed by atoms with van der Waals surface area (Å²) in [4.78, 5) is 24.2. The fourth-order valence-electron chi connectivity index (χ4n) is 3.46. The second-order valence-corrected chi connectivity index (χ2v) is 6.67. The Kier molecular flexibility index (Phi) is 4.37. The van der Waals surface area contributed by atoms with Crippen LogP contribution in [0, 0.1) is 0 Å². The van der Waals surface area contributed by atoms with E-state index in [-0.39, 0.29) is 12.6 Å². The molecule has 28 heavy (non-hydrogen) atoms. The van der Waals surface area contributed by atoms with E-state index in [1.807, 2.05) is 12.1 Å². The molecule has 0 N–H and O–H groups in total. The number of methoxy groups -OCH3 is 3. The zero-order valence-corrected chi connectivity index (χ0v) is 15.9. The lowest BCUT2D eigenvalue weighted by atomic mass is 9.95. The van der Waals surface area contributed by atoms with Crippen molar-refractivity contribution >= 4 is 11.9 Å². The van der Waals surface area contributed by atoms with E-state index in [0.29, 0.717) is 41.2 Å². The third-order valence-corrected chi connectivity index (χ3v) is 5.09. The Hall–Kier alpha value is -3.22. The molecular weight excluding hydrogens is 364 g/mol. The van der Waals surface area contributed by atoms with Crippen LogP contribution in [-0.4, -0.2) is 38.9 Å². The molecule has 0 aromatic heterocycles. The molecule has 1 fully saturated rings. The highest BCUT2D eigenvalue weighted by atomic mass is 16.6. The number of carbonyl (C=O) groups excluding carboxylic acids is 2. The van der Waals surface area contributed by atoms with Gasteiger partial charge < -0.3 is 23.7 Å². The first kappa shape index (κ1) is 18.2. The van der Waals surface area contributed by atoms with Crippen LogP contribution in [0.3, 0.4) is 0 Å². The largest absolute Gasteiger partial charge is 0.493 e. The molecule has 4 rings (SSSR count). The first-order valence-electron chi connectivity index (χ1n) is 8.86. The van der Waals surface area contributed by atoms with Gasteiger partial charge in [0.05, 0.1) is 26.9 Å². The predicted octanol–water partition coefficient (Wildman–Crippen LogP) is 3.13. The normalized spacial score (nSPS) is 16.0. The SMILES string of the molecule is COC(=O)C1(Oc2c(-c3cccc4c3COC4=O)ccc(OC)c2OC)CC1. The third kappa shape index (κ3) is 2.74. The summed E-state index contributed by atoms with van der Waals surface area (Å²) in [6.07, 6.45) is 1.10. The molecule has 7 heteroatoms. The minimum absolute atomic E-state index is 0.181. The Morgan fingerprint density at radius 1 is 0.964 bits per heavy atom. The van der Waals surface area contributed by atoms with Crippen LogP contribution in [-0.2, 0) is 20.9 Å². The van der Waals surface area contributed by atoms with E-state index in [1.165, 1.54) is 21.3 Å². The Labute approximate surface area is 162 Å². The van der Waals surface area contributed by atoms with Crippen LogP contribution in [0.15, 0.2) is 30.3 Å². The van der Waals surface area contributed by atoms with Gasteiger partial charge in [0, 0.05) is 24.0 Å². The van der Waals surface area contributed by atoms with Crippen molar-refractivity contribution < 1.29 is 33.3 Å². The van der Waals surface area contributed by atoms with Gasteiger partial charge in [0.15, 0.2) is 11.5 Å². The molecule has 0 atom stereocenters. The van der Waals surface area contributed by atoms with E-state index >= 15 is 0 Å². The average Bonchev–Trinajstić information content (AvgIpc) is 3.42. The summed E-state index contributed by atoms with van der Waals surface area (Å²) in [5.74, 6) is 0.436. The van der Waals surface area contributed by atoms with Crippen LogP contribution in [0.2, 0.25) is 0 Å². The summed E-state index contributed by atoms with van der Waals surface area (Å²) < 4.78 is 27.3. The van der Waals surface area contributed by atoms with Gasteiger partial charge in [0.2, 0.25) is 11.4 Å². The summed E-state index contributed by atoms with van der Waals surface area (Å²) >= 11 is 0. The van der Waals surface area contributed by atoms with Crippen LogP contribution < -0.4 is 14.2 Å². The molecule has 2 aliphatic rings. The van der Waals surface area contributed by atoms with Crippen molar-refractivity contribution in [2.75, 3.05) is 21.3 Å². The van der Waals surface area contributed by atoms with Gasteiger partial charge in [-0.1, -0.05) is 12.1 Å². The first-order valence-corrected chi connectivity index (χ1v) is 8.86. The van der Waals surface area contributed by atoms with Gasteiger partial charge in [-0.05, 0) is 23.8 Å². The molecule has 2 aromatic carbocycles. The van der Waals surface area contributed by atoms with Crippen molar-refractivity contribution in [1.29, 1.82) is 0 Å². The van der Waals surface area contributed by atoms with Crippen LogP contribution in [0.1, 0.15) is 28.8 Å². The highest BCUT2D eigenvalue weighted by molar-refractivity contribution is 5.97. The highest BCUT2D eigenvalue weighted by Crippen LogP contribution is 2.51. The van der Waals surface area contributed by atoms with Gasteiger partial charge in [-0.25, -0.2) is 9.59 Å². The molecule has 1 saturated carbocycles. The van der Waals surface area contributed by atoms with Crippen LogP contribution in [0.4, 0.5) is 0 Å². The molecule has 0 amide bonds. The van der Waals surface area contributed by atoms with Gasteiger partial charge >= 0.3 is 11.9 Å². The molecular formula is C21H20O7. The molecule has 0 unspecified atom stereocenters. The Bertz CT molecular complexity index is 959. The maximum atomic E-state index is 12.2. The third-order valence-electron chi connectivity index (χ3n) is 5.09. The molecule has 1 aliphatic heterocycles. The average molecular weight is 384 g/mol. The monoisotopic (exact) mass is 384 g/mol. The lowest BCUT2D eigenvalue weighted by Gasteiger charge is -2.22. The molecule has 0 bridgehead atoms. The number of ether oxygens (including phenoxy) is 5. The van der Waals surface area contributed by atoms with Crippen molar-refractivity contribution in [3.8, 4) is 28.4 Å². The fraction of sp³-hybridized carbons (Fsp3) is 0.333. The maximum absolute atomic E-state index is 12.2. The van der Waals surface area contributed by atoms with Crippen LogP contribution in [0.25, 0.3) is 11.1 Å². The molecule has 0 radical (unpaired) electrons.